The number of nitrogens with one attached hydrogen (secondary N) is 1. The standard InChI is InChI=1S/C19H17N3O2S/c1-24-16-10-7-15(8-11-16)13-18-21-22-19(25-18)20-17(23)12-9-14-5-3-2-4-6-14/h2-12H,13H2,1H3,(H,20,22,23)/b12-9+. The summed E-state index contributed by atoms with van der Waals surface area (Å²) in [5, 5.41) is 12.2. The molecule has 0 saturated heterocycles. The molecule has 0 aliphatic rings. The highest BCUT2D eigenvalue weighted by molar-refractivity contribution is 7.15. The van der Waals surface area contributed by atoms with E-state index in [1.165, 1.54) is 17.4 Å². The van der Waals surface area contributed by atoms with Gasteiger partial charge in [0.1, 0.15) is 10.8 Å². The number of methoxy groups -OCH3 is 1. The van der Waals surface area contributed by atoms with Gasteiger partial charge in [0.15, 0.2) is 0 Å². The zero-order valence-corrected chi connectivity index (χ0v) is 14.5. The summed E-state index contributed by atoms with van der Waals surface area (Å²) in [6.07, 6.45) is 3.91. The molecule has 1 aromatic heterocycles. The van der Waals surface area contributed by atoms with E-state index in [-0.39, 0.29) is 5.91 Å². The Morgan fingerprint density at radius 3 is 2.60 bits per heavy atom. The quantitative estimate of drug-likeness (QED) is 0.686. The summed E-state index contributed by atoms with van der Waals surface area (Å²) < 4.78 is 5.14. The van der Waals surface area contributed by atoms with Crippen molar-refractivity contribution < 1.29 is 9.53 Å². The van der Waals surface area contributed by atoms with Gasteiger partial charge in [0.05, 0.1) is 7.11 Å². The molecule has 25 heavy (non-hydrogen) atoms. The third-order valence-electron chi connectivity index (χ3n) is 3.44. The molecule has 0 spiro atoms. The average molecular weight is 351 g/mol. The van der Waals surface area contributed by atoms with Crippen LogP contribution in [0.2, 0.25) is 0 Å². The Labute approximate surface area is 150 Å². The molecule has 0 atom stereocenters. The molecule has 0 aliphatic carbocycles. The van der Waals surface area contributed by atoms with Crippen molar-refractivity contribution in [2.45, 2.75) is 6.42 Å². The van der Waals surface area contributed by atoms with E-state index in [2.05, 4.69) is 15.5 Å². The molecular formula is C19H17N3O2S. The fraction of sp³-hybridized carbons (Fsp3) is 0.105. The summed E-state index contributed by atoms with van der Waals surface area (Å²) >= 11 is 1.37. The fourth-order valence-electron chi connectivity index (χ4n) is 2.18. The van der Waals surface area contributed by atoms with E-state index in [4.69, 9.17) is 4.74 Å². The predicted molar refractivity (Wildman–Crippen MR) is 99.8 cm³/mol. The molecule has 2 aromatic carbocycles. The molecule has 1 amide bonds. The Kier molecular flexibility index (Phi) is 5.53. The van der Waals surface area contributed by atoms with Gasteiger partial charge in [-0.2, -0.15) is 0 Å². The van der Waals surface area contributed by atoms with Crippen LogP contribution in [0.3, 0.4) is 0 Å². The highest BCUT2D eigenvalue weighted by Crippen LogP contribution is 2.20. The predicted octanol–water partition coefficient (Wildman–Crippen LogP) is 3.79. The first-order valence-corrected chi connectivity index (χ1v) is 8.54. The minimum atomic E-state index is -0.226. The topological polar surface area (TPSA) is 64.1 Å². The van der Waals surface area contributed by atoms with Gasteiger partial charge in [-0.15, -0.1) is 10.2 Å². The summed E-state index contributed by atoms with van der Waals surface area (Å²) in [6, 6.07) is 17.4. The number of aromatic nitrogens is 2. The van der Waals surface area contributed by atoms with Crippen molar-refractivity contribution in [3.63, 3.8) is 0 Å². The van der Waals surface area contributed by atoms with Gasteiger partial charge < -0.3 is 4.74 Å². The molecule has 5 nitrogen and oxygen atoms in total. The van der Waals surface area contributed by atoms with Crippen molar-refractivity contribution in [2.24, 2.45) is 0 Å². The number of rotatable bonds is 6. The number of anilines is 1. The Morgan fingerprint density at radius 2 is 1.88 bits per heavy atom. The van der Waals surface area contributed by atoms with E-state index in [0.29, 0.717) is 11.6 Å². The van der Waals surface area contributed by atoms with Gasteiger partial charge in [0.2, 0.25) is 11.0 Å². The zero-order chi connectivity index (χ0) is 17.5. The maximum Gasteiger partial charge on any atom is 0.250 e. The van der Waals surface area contributed by atoms with Gasteiger partial charge in [-0.05, 0) is 29.3 Å². The highest BCUT2D eigenvalue weighted by atomic mass is 32.1. The van der Waals surface area contributed by atoms with Crippen LogP contribution in [-0.2, 0) is 11.2 Å². The molecule has 0 aliphatic heterocycles. The van der Waals surface area contributed by atoms with Crippen molar-refractivity contribution in [1.82, 2.24) is 10.2 Å². The van der Waals surface area contributed by atoms with E-state index in [9.17, 15) is 4.79 Å². The minimum Gasteiger partial charge on any atom is -0.497 e. The molecule has 0 unspecified atom stereocenters. The summed E-state index contributed by atoms with van der Waals surface area (Å²) in [5.74, 6) is 0.593. The molecule has 3 aromatic rings. The zero-order valence-electron chi connectivity index (χ0n) is 13.7. The maximum absolute atomic E-state index is 12.0. The third kappa shape index (κ3) is 4.99. The number of carbonyl (C=O) groups excluding carboxylic acids is 1. The average Bonchev–Trinajstić information content (AvgIpc) is 3.08. The van der Waals surface area contributed by atoms with Crippen LogP contribution in [0.25, 0.3) is 6.08 Å². The number of nitrogens with zero attached hydrogens (tertiary/aromatic N) is 2. The minimum absolute atomic E-state index is 0.226. The number of ether oxygens (including phenoxy) is 1. The highest BCUT2D eigenvalue weighted by Gasteiger charge is 2.07. The second-order valence-electron chi connectivity index (χ2n) is 5.26. The van der Waals surface area contributed by atoms with Crippen LogP contribution in [0.4, 0.5) is 5.13 Å². The Balaban J connectivity index is 1.57. The lowest BCUT2D eigenvalue weighted by Gasteiger charge is -2.00. The summed E-state index contributed by atoms with van der Waals surface area (Å²) in [5.41, 5.74) is 2.08. The summed E-state index contributed by atoms with van der Waals surface area (Å²) in [7, 11) is 1.64. The molecule has 1 N–H and O–H groups in total. The van der Waals surface area contributed by atoms with Crippen molar-refractivity contribution in [2.75, 3.05) is 12.4 Å². The number of hydrogen-bond donors (Lipinski definition) is 1. The first-order valence-electron chi connectivity index (χ1n) is 7.72. The van der Waals surface area contributed by atoms with Gasteiger partial charge in [0, 0.05) is 12.5 Å². The van der Waals surface area contributed by atoms with E-state index in [0.717, 1.165) is 21.9 Å². The van der Waals surface area contributed by atoms with Gasteiger partial charge >= 0.3 is 0 Å². The summed E-state index contributed by atoms with van der Waals surface area (Å²) in [6.45, 7) is 0. The van der Waals surface area contributed by atoms with Crippen molar-refractivity contribution in [3.05, 3.63) is 76.8 Å². The van der Waals surface area contributed by atoms with Crippen LogP contribution >= 0.6 is 11.3 Å². The van der Waals surface area contributed by atoms with E-state index >= 15 is 0 Å². The molecule has 0 radical (unpaired) electrons. The molecule has 0 saturated carbocycles. The second-order valence-corrected chi connectivity index (χ2v) is 6.32. The van der Waals surface area contributed by atoms with E-state index in [1.54, 1.807) is 13.2 Å². The molecular weight excluding hydrogens is 334 g/mol. The normalized spacial score (nSPS) is 10.8. The first-order chi connectivity index (χ1) is 12.2. The number of hydrogen-bond acceptors (Lipinski definition) is 5. The molecule has 6 heteroatoms. The second kappa shape index (κ2) is 8.21. The van der Waals surface area contributed by atoms with Crippen LogP contribution in [0.5, 0.6) is 5.75 Å². The number of amides is 1. The van der Waals surface area contributed by atoms with Crippen LogP contribution < -0.4 is 10.1 Å². The molecule has 1 heterocycles. The van der Waals surface area contributed by atoms with E-state index < -0.39 is 0 Å². The number of benzene rings is 2. The van der Waals surface area contributed by atoms with Gasteiger partial charge in [-0.1, -0.05) is 53.8 Å². The van der Waals surface area contributed by atoms with Gasteiger partial charge in [-0.3, -0.25) is 10.1 Å². The van der Waals surface area contributed by atoms with Crippen LogP contribution in [-0.4, -0.2) is 23.2 Å². The fourth-order valence-corrected chi connectivity index (χ4v) is 2.95. The van der Waals surface area contributed by atoms with Crippen molar-refractivity contribution in [3.8, 4) is 5.75 Å². The van der Waals surface area contributed by atoms with Crippen LogP contribution in [0, 0.1) is 0 Å². The van der Waals surface area contributed by atoms with Crippen LogP contribution in [0.1, 0.15) is 16.1 Å². The third-order valence-corrected chi connectivity index (χ3v) is 4.28. The van der Waals surface area contributed by atoms with E-state index in [1.807, 2.05) is 54.6 Å². The Hall–Kier alpha value is -2.99. The number of carbonyl (C=O) groups is 1. The van der Waals surface area contributed by atoms with Gasteiger partial charge in [0.25, 0.3) is 0 Å². The monoisotopic (exact) mass is 351 g/mol. The maximum atomic E-state index is 12.0. The first kappa shape index (κ1) is 16.9. The molecule has 126 valence electrons. The molecule has 0 fully saturated rings. The van der Waals surface area contributed by atoms with Crippen molar-refractivity contribution in [1.29, 1.82) is 0 Å². The molecule has 3 rings (SSSR count). The summed E-state index contributed by atoms with van der Waals surface area (Å²) in [4.78, 5) is 12.0. The largest absolute Gasteiger partial charge is 0.497 e. The lowest BCUT2D eigenvalue weighted by Crippen LogP contribution is -2.07. The van der Waals surface area contributed by atoms with Crippen LogP contribution in [0.15, 0.2) is 60.7 Å². The Bertz CT molecular complexity index is 858. The SMILES string of the molecule is COc1ccc(Cc2nnc(NC(=O)/C=C/c3ccccc3)s2)cc1. The molecule has 0 bridgehead atoms. The smallest absolute Gasteiger partial charge is 0.250 e. The van der Waals surface area contributed by atoms with Gasteiger partial charge in [-0.25, -0.2) is 0 Å². The van der Waals surface area contributed by atoms with Crippen molar-refractivity contribution >= 4 is 28.5 Å². The lowest BCUT2D eigenvalue weighted by atomic mass is 10.1. The Morgan fingerprint density at radius 1 is 1.12 bits per heavy atom. The lowest BCUT2D eigenvalue weighted by molar-refractivity contribution is -0.111.